The highest BCUT2D eigenvalue weighted by Gasteiger charge is 2.26. The van der Waals surface area contributed by atoms with Crippen LogP contribution in [0.25, 0.3) is 0 Å². The summed E-state index contributed by atoms with van der Waals surface area (Å²) in [6, 6.07) is 0.0814. The van der Waals surface area contributed by atoms with Gasteiger partial charge in [-0.25, -0.2) is 0 Å². The predicted molar refractivity (Wildman–Crippen MR) is 76.0 cm³/mol. The lowest BCUT2D eigenvalue weighted by molar-refractivity contribution is -0.00777. The minimum Gasteiger partial charge on any atom is -0.377 e. The van der Waals surface area contributed by atoms with Gasteiger partial charge in [0.05, 0.1) is 28.6 Å². The standard InChI is InChI=1S/C13H23ClN4O/c1-3-9-13(14)11(18(2)17-9)8-10(16-15)12-6-4-5-7-19-12/h10,12,16H,3-8,15H2,1-2H3. The second-order valence-corrected chi connectivity index (χ2v) is 5.44. The Hall–Kier alpha value is -0.620. The minimum absolute atomic E-state index is 0.0814. The van der Waals surface area contributed by atoms with Crippen LogP contribution in [-0.2, 0) is 24.6 Å². The number of halogens is 1. The molecule has 0 saturated carbocycles. The first-order valence-electron chi connectivity index (χ1n) is 6.95. The van der Waals surface area contributed by atoms with Gasteiger partial charge in [-0.3, -0.25) is 16.0 Å². The second kappa shape index (κ2) is 6.70. The first-order valence-corrected chi connectivity index (χ1v) is 7.33. The topological polar surface area (TPSA) is 65.1 Å². The maximum absolute atomic E-state index is 6.38. The number of aryl methyl sites for hydroxylation is 2. The van der Waals surface area contributed by atoms with Crippen LogP contribution in [0.2, 0.25) is 5.02 Å². The average Bonchev–Trinajstić information content (AvgIpc) is 2.72. The Bertz CT molecular complexity index is 415. The quantitative estimate of drug-likeness (QED) is 0.637. The van der Waals surface area contributed by atoms with Gasteiger partial charge in [0, 0.05) is 20.1 Å². The van der Waals surface area contributed by atoms with Gasteiger partial charge in [-0.15, -0.1) is 0 Å². The molecule has 3 N–H and O–H groups in total. The molecule has 19 heavy (non-hydrogen) atoms. The molecule has 2 rings (SSSR count). The number of nitrogens with two attached hydrogens (primary N) is 1. The summed E-state index contributed by atoms with van der Waals surface area (Å²) < 4.78 is 7.66. The Morgan fingerprint density at radius 1 is 1.58 bits per heavy atom. The van der Waals surface area contributed by atoms with Crippen molar-refractivity contribution in [3.05, 3.63) is 16.4 Å². The minimum atomic E-state index is 0.0814. The van der Waals surface area contributed by atoms with Crippen LogP contribution in [0.15, 0.2) is 0 Å². The summed E-state index contributed by atoms with van der Waals surface area (Å²) >= 11 is 6.38. The van der Waals surface area contributed by atoms with Crippen molar-refractivity contribution >= 4 is 11.6 Å². The molecule has 1 saturated heterocycles. The molecule has 0 aromatic carbocycles. The number of ether oxygens (including phenoxy) is 1. The van der Waals surface area contributed by atoms with Crippen LogP contribution in [0, 0.1) is 0 Å². The predicted octanol–water partition coefficient (Wildman–Crippen LogP) is 1.58. The fourth-order valence-corrected chi connectivity index (χ4v) is 3.00. The molecule has 1 aromatic rings. The second-order valence-electron chi connectivity index (χ2n) is 5.07. The molecule has 6 heteroatoms. The van der Waals surface area contributed by atoms with E-state index in [9.17, 15) is 0 Å². The van der Waals surface area contributed by atoms with E-state index in [1.807, 2.05) is 11.7 Å². The van der Waals surface area contributed by atoms with Crippen molar-refractivity contribution in [1.82, 2.24) is 15.2 Å². The first-order chi connectivity index (χ1) is 9.17. The summed E-state index contributed by atoms with van der Waals surface area (Å²) in [5, 5.41) is 5.20. The summed E-state index contributed by atoms with van der Waals surface area (Å²) in [6.45, 7) is 2.88. The highest BCUT2D eigenvalue weighted by molar-refractivity contribution is 6.31. The maximum Gasteiger partial charge on any atom is 0.0850 e. The summed E-state index contributed by atoms with van der Waals surface area (Å²) in [4.78, 5) is 0. The van der Waals surface area contributed by atoms with E-state index in [4.69, 9.17) is 22.2 Å². The van der Waals surface area contributed by atoms with Gasteiger partial charge in [0.2, 0.25) is 0 Å². The van der Waals surface area contributed by atoms with E-state index in [0.29, 0.717) is 0 Å². The molecule has 0 bridgehead atoms. The molecule has 1 aliphatic rings. The Morgan fingerprint density at radius 2 is 2.37 bits per heavy atom. The van der Waals surface area contributed by atoms with Crippen molar-refractivity contribution in [2.75, 3.05) is 6.61 Å². The molecule has 2 heterocycles. The van der Waals surface area contributed by atoms with Crippen LogP contribution >= 0.6 is 11.6 Å². The van der Waals surface area contributed by atoms with E-state index in [-0.39, 0.29) is 12.1 Å². The van der Waals surface area contributed by atoms with Crippen LogP contribution < -0.4 is 11.3 Å². The molecule has 2 unspecified atom stereocenters. The third kappa shape index (κ3) is 3.28. The van der Waals surface area contributed by atoms with Crippen LogP contribution in [0.1, 0.15) is 37.6 Å². The van der Waals surface area contributed by atoms with E-state index < -0.39 is 0 Å². The van der Waals surface area contributed by atoms with E-state index >= 15 is 0 Å². The maximum atomic E-state index is 6.38. The zero-order valence-corrected chi connectivity index (χ0v) is 12.4. The van der Waals surface area contributed by atoms with Crippen LogP contribution in [-0.4, -0.2) is 28.5 Å². The van der Waals surface area contributed by atoms with Gasteiger partial charge < -0.3 is 4.74 Å². The van der Waals surface area contributed by atoms with Crippen molar-refractivity contribution in [3.8, 4) is 0 Å². The molecule has 1 aliphatic heterocycles. The van der Waals surface area contributed by atoms with E-state index in [1.54, 1.807) is 0 Å². The monoisotopic (exact) mass is 286 g/mol. The van der Waals surface area contributed by atoms with E-state index in [2.05, 4.69) is 17.4 Å². The Labute approximate surface area is 119 Å². The molecule has 2 atom stereocenters. The smallest absolute Gasteiger partial charge is 0.0850 e. The molecule has 1 fully saturated rings. The van der Waals surface area contributed by atoms with E-state index in [1.165, 1.54) is 6.42 Å². The van der Waals surface area contributed by atoms with Gasteiger partial charge in [-0.1, -0.05) is 18.5 Å². The normalized spacial score (nSPS) is 21.6. The van der Waals surface area contributed by atoms with Crippen molar-refractivity contribution < 1.29 is 4.74 Å². The molecule has 0 spiro atoms. The van der Waals surface area contributed by atoms with Crippen LogP contribution in [0.3, 0.4) is 0 Å². The molecule has 0 radical (unpaired) electrons. The molecular weight excluding hydrogens is 264 g/mol. The molecule has 0 amide bonds. The van der Waals surface area contributed by atoms with Crippen molar-refractivity contribution in [2.45, 2.75) is 51.2 Å². The van der Waals surface area contributed by atoms with Crippen LogP contribution in [0.4, 0.5) is 0 Å². The van der Waals surface area contributed by atoms with Gasteiger partial charge in [0.25, 0.3) is 0 Å². The fourth-order valence-electron chi connectivity index (χ4n) is 2.63. The van der Waals surface area contributed by atoms with Crippen molar-refractivity contribution in [3.63, 3.8) is 0 Å². The number of hydrazine groups is 1. The summed E-state index contributed by atoms with van der Waals surface area (Å²) in [6.07, 6.45) is 5.12. The summed E-state index contributed by atoms with van der Waals surface area (Å²) in [7, 11) is 1.93. The Balaban J connectivity index is 2.11. The summed E-state index contributed by atoms with van der Waals surface area (Å²) in [5.41, 5.74) is 4.84. The average molecular weight is 287 g/mol. The van der Waals surface area contributed by atoms with Gasteiger partial charge in [0.1, 0.15) is 0 Å². The van der Waals surface area contributed by atoms with Crippen LogP contribution in [0.5, 0.6) is 0 Å². The van der Waals surface area contributed by atoms with Crippen molar-refractivity contribution in [2.24, 2.45) is 12.9 Å². The third-order valence-corrected chi connectivity index (χ3v) is 4.23. The number of hydrogen-bond donors (Lipinski definition) is 2. The Morgan fingerprint density at radius 3 is 2.89 bits per heavy atom. The zero-order chi connectivity index (χ0) is 13.8. The molecule has 0 aliphatic carbocycles. The first kappa shape index (κ1) is 14.8. The van der Waals surface area contributed by atoms with Crippen molar-refractivity contribution in [1.29, 1.82) is 0 Å². The lowest BCUT2D eigenvalue weighted by Gasteiger charge is -2.30. The molecular formula is C13H23ClN4O. The Kier molecular flexibility index (Phi) is 5.21. The van der Waals surface area contributed by atoms with Gasteiger partial charge in [0.15, 0.2) is 0 Å². The summed E-state index contributed by atoms with van der Waals surface area (Å²) in [5.74, 6) is 5.69. The number of aromatic nitrogens is 2. The van der Waals surface area contributed by atoms with Gasteiger partial charge in [-0.2, -0.15) is 5.10 Å². The highest BCUT2D eigenvalue weighted by atomic mass is 35.5. The highest BCUT2D eigenvalue weighted by Crippen LogP contribution is 2.24. The zero-order valence-electron chi connectivity index (χ0n) is 11.7. The molecule has 5 nitrogen and oxygen atoms in total. The lowest BCUT2D eigenvalue weighted by Crippen LogP contribution is -2.48. The number of nitrogens with zero attached hydrogens (tertiary/aromatic N) is 2. The number of rotatable bonds is 5. The molecule has 108 valence electrons. The SMILES string of the molecule is CCc1nn(C)c(CC(NN)C2CCCCO2)c1Cl. The van der Waals surface area contributed by atoms with E-state index in [0.717, 1.165) is 48.7 Å². The lowest BCUT2D eigenvalue weighted by atomic mass is 9.98. The largest absolute Gasteiger partial charge is 0.377 e. The fraction of sp³-hybridized carbons (Fsp3) is 0.769. The molecule has 1 aromatic heterocycles. The number of nitrogens with one attached hydrogen (secondary N) is 1. The third-order valence-electron chi connectivity index (χ3n) is 3.79. The van der Waals surface area contributed by atoms with Gasteiger partial charge >= 0.3 is 0 Å². The number of hydrogen-bond acceptors (Lipinski definition) is 4. The van der Waals surface area contributed by atoms with Gasteiger partial charge in [-0.05, 0) is 25.7 Å².